The lowest BCUT2D eigenvalue weighted by molar-refractivity contribution is -0.128. The highest BCUT2D eigenvalue weighted by Crippen LogP contribution is 2.25. The molecule has 118 valence electrons. The average Bonchev–Trinajstić information content (AvgIpc) is 2.79. The molecule has 0 aromatic carbocycles. The Labute approximate surface area is 125 Å². The first-order valence-electron chi connectivity index (χ1n) is 6.99. The number of hydrogen-bond donors (Lipinski definition) is 0. The molecule has 7 nitrogen and oxygen atoms in total. The summed E-state index contributed by atoms with van der Waals surface area (Å²) >= 11 is 0. The first-order valence-corrected chi connectivity index (χ1v) is 6.99. The van der Waals surface area contributed by atoms with Gasteiger partial charge in [-0.25, -0.2) is 9.48 Å². The molecule has 0 unspecified atom stereocenters. The Balaban J connectivity index is 3.05. The number of rotatable bonds is 5. The summed E-state index contributed by atoms with van der Waals surface area (Å²) in [5.74, 6) is -0.476. The topological polar surface area (TPSA) is 77.3 Å². The van der Waals surface area contributed by atoms with E-state index >= 15 is 0 Å². The zero-order valence-electron chi connectivity index (χ0n) is 13.6. The fraction of sp³-hybridized carbons (Fsp3) is 0.714. The van der Waals surface area contributed by atoms with Crippen LogP contribution < -0.4 is 0 Å². The Bertz CT molecular complexity index is 515. The maximum absolute atomic E-state index is 12.0. The second-order valence-electron chi connectivity index (χ2n) is 6.02. The van der Waals surface area contributed by atoms with Gasteiger partial charge >= 0.3 is 5.97 Å². The zero-order chi connectivity index (χ0) is 16.2. The average molecular weight is 296 g/mol. The molecule has 1 amide bonds. The van der Waals surface area contributed by atoms with E-state index in [1.165, 1.54) is 4.90 Å². The third-order valence-corrected chi connectivity index (χ3v) is 2.95. The van der Waals surface area contributed by atoms with Crippen LogP contribution >= 0.6 is 0 Å². The number of hydrogen-bond acceptors (Lipinski definition) is 5. The van der Waals surface area contributed by atoms with Crippen LogP contribution in [0.1, 0.15) is 50.3 Å². The summed E-state index contributed by atoms with van der Waals surface area (Å²) in [6.07, 6.45) is 0.307. The molecule has 0 spiro atoms. The highest BCUT2D eigenvalue weighted by molar-refractivity contribution is 5.88. The molecule has 0 fully saturated rings. The summed E-state index contributed by atoms with van der Waals surface area (Å²) < 4.78 is 6.63. The van der Waals surface area contributed by atoms with Gasteiger partial charge in [0.2, 0.25) is 5.91 Å². The first-order chi connectivity index (χ1) is 9.68. The van der Waals surface area contributed by atoms with E-state index in [0.717, 1.165) is 0 Å². The molecule has 0 bridgehead atoms. The van der Waals surface area contributed by atoms with Crippen LogP contribution in [0.15, 0.2) is 0 Å². The van der Waals surface area contributed by atoms with Crippen molar-refractivity contribution >= 4 is 11.9 Å². The van der Waals surface area contributed by atoms with Crippen molar-refractivity contribution in [1.29, 1.82) is 0 Å². The quantitative estimate of drug-likeness (QED) is 0.764. The summed E-state index contributed by atoms with van der Waals surface area (Å²) in [5.41, 5.74) is 0.585. The van der Waals surface area contributed by atoms with E-state index in [4.69, 9.17) is 4.74 Å². The van der Waals surface area contributed by atoms with Crippen molar-refractivity contribution in [3.63, 3.8) is 0 Å². The fourth-order valence-corrected chi connectivity index (χ4v) is 1.97. The molecule has 1 aromatic rings. The molecule has 0 saturated heterocycles. The van der Waals surface area contributed by atoms with Crippen LogP contribution in [-0.4, -0.2) is 52.5 Å². The molecule has 0 aliphatic rings. The number of ether oxygens (including phenoxy) is 1. The molecule has 0 saturated carbocycles. The van der Waals surface area contributed by atoms with Crippen LogP contribution in [0.4, 0.5) is 0 Å². The molecular formula is C14H24N4O3. The molecule has 1 aromatic heterocycles. The molecule has 7 heteroatoms. The van der Waals surface area contributed by atoms with Crippen molar-refractivity contribution < 1.29 is 14.3 Å². The van der Waals surface area contributed by atoms with Gasteiger partial charge in [-0.2, -0.15) is 0 Å². The van der Waals surface area contributed by atoms with E-state index in [2.05, 4.69) is 10.3 Å². The van der Waals surface area contributed by atoms with Crippen molar-refractivity contribution in [1.82, 2.24) is 19.9 Å². The predicted molar refractivity (Wildman–Crippen MR) is 78.0 cm³/mol. The van der Waals surface area contributed by atoms with Gasteiger partial charge in [0.05, 0.1) is 18.8 Å². The van der Waals surface area contributed by atoms with E-state index < -0.39 is 5.97 Å². The van der Waals surface area contributed by atoms with E-state index in [1.54, 1.807) is 25.7 Å². The molecule has 0 N–H and O–H groups in total. The minimum atomic E-state index is -0.479. The number of carbonyl (C=O) groups is 2. The maximum atomic E-state index is 12.0. The second kappa shape index (κ2) is 6.69. The Morgan fingerprint density at radius 3 is 2.38 bits per heavy atom. The monoisotopic (exact) mass is 296 g/mol. The van der Waals surface area contributed by atoms with Crippen LogP contribution in [-0.2, 0) is 21.5 Å². The van der Waals surface area contributed by atoms with E-state index in [1.807, 2.05) is 20.8 Å². The normalized spacial score (nSPS) is 11.3. The molecule has 21 heavy (non-hydrogen) atoms. The molecule has 1 rings (SSSR count). The summed E-state index contributed by atoms with van der Waals surface area (Å²) in [5, 5.41) is 7.95. The van der Waals surface area contributed by atoms with Crippen molar-refractivity contribution in [3.05, 3.63) is 11.4 Å². The molecule has 1 heterocycles. The van der Waals surface area contributed by atoms with Crippen molar-refractivity contribution in [2.45, 2.75) is 46.1 Å². The van der Waals surface area contributed by atoms with Gasteiger partial charge in [-0.15, -0.1) is 5.10 Å². The van der Waals surface area contributed by atoms with Crippen LogP contribution in [0.25, 0.3) is 0 Å². The van der Waals surface area contributed by atoms with Crippen LogP contribution in [0.2, 0.25) is 0 Å². The number of nitrogens with zero attached hydrogens (tertiary/aromatic N) is 4. The minimum absolute atomic E-state index is 0.00282. The number of aryl methyl sites for hydroxylation is 1. The predicted octanol–water partition coefficient (Wildman–Crippen LogP) is 1.23. The van der Waals surface area contributed by atoms with Crippen molar-refractivity contribution in [3.8, 4) is 0 Å². The van der Waals surface area contributed by atoms with Gasteiger partial charge in [-0.05, 0) is 6.92 Å². The number of esters is 1. The smallest absolute Gasteiger partial charge is 0.360 e. The number of carbonyl (C=O) groups excluding carboxylic acids is 2. The Kier molecular flexibility index (Phi) is 5.46. The number of amides is 1. The molecule has 0 radical (unpaired) electrons. The minimum Gasteiger partial charge on any atom is -0.461 e. The standard InChI is InChI=1S/C14H24N4O3/c1-7-21-13(20)11-12(14(2,3)4)18(16-15-11)9-8-10(19)17(5)6/h7-9H2,1-6H3. The maximum Gasteiger partial charge on any atom is 0.360 e. The van der Waals surface area contributed by atoms with Gasteiger partial charge < -0.3 is 9.64 Å². The lowest BCUT2D eigenvalue weighted by atomic mass is 9.90. The van der Waals surface area contributed by atoms with Gasteiger partial charge in [0.25, 0.3) is 0 Å². The lowest BCUT2D eigenvalue weighted by Crippen LogP contribution is -2.26. The van der Waals surface area contributed by atoms with Crippen LogP contribution in [0.5, 0.6) is 0 Å². The van der Waals surface area contributed by atoms with Crippen LogP contribution in [0, 0.1) is 0 Å². The Morgan fingerprint density at radius 2 is 1.90 bits per heavy atom. The van der Waals surface area contributed by atoms with Gasteiger partial charge in [0.15, 0.2) is 5.69 Å². The SMILES string of the molecule is CCOC(=O)c1nnn(CCC(=O)N(C)C)c1C(C)(C)C. The molecular weight excluding hydrogens is 272 g/mol. The van der Waals surface area contributed by atoms with Crippen LogP contribution in [0.3, 0.4) is 0 Å². The largest absolute Gasteiger partial charge is 0.461 e. The molecule has 0 aliphatic heterocycles. The van der Waals surface area contributed by atoms with Gasteiger partial charge in [0.1, 0.15) is 0 Å². The second-order valence-corrected chi connectivity index (χ2v) is 6.02. The first kappa shape index (κ1) is 17.1. The van der Waals surface area contributed by atoms with Crippen molar-refractivity contribution in [2.24, 2.45) is 0 Å². The third-order valence-electron chi connectivity index (χ3n) is 2.95. The Morgan fingerprint density at radius 1 is 1.29 bits per heavy atom. The fourth-order valence-electron chi connectivity index (χ4n) is 1.97. The summed E-state index contributed by atoms with van der Waals surface area (Å²) in [7, 11) is 3.41. The van der Waals surface area contributed by atoms with Gasteiger partial charge in [-0.1, -0.05) is 26.0 Å². The van der Waals surface area contributed by atoms with E-state index in [9.17, 15) is 9.59 Å². The summed E-state index contributed by atoms with van der Waals surface area (Å²) in [6, 6.07) is 0. The summed E-state index contributed by atoms with van der Waals surface area (Å²) in [6.45, 7) is 8.33. The summed E-state index contributed by atoms with van der Waals surface area (Å²) in [4.78, 5) is 25.2. The van der Waals surface area contributed by atoms with Gasteiger partial charge in [-0.3, -0.25) is 4.79 Å². The lowest BCUT2D eigenvalue weighted by Gasteiger charge is -2.21. The van der Waals surface area contributed by atoms with E-state index in [0.29, 0.717) is 18.7 Å². The number of aromatic nitrogens is 3. The molecule has 0 aliphatic carbocycles. The highest BCUT2D eigenvalue weighted by Gasteiger charge is 2.30. The van der Waals surface area contributed by atoms with Crippen molar-refractivity contribution in [2.75, 3.05) is 20.7 Å². The zero-order valence-corrected chi connectivity index (χ0v) is 13.6. The highest BCUT2D eigenvalue weighted by atomic mass is 16.5. The molecule has 0 atom stereocenters. The van der Waals surface area contributed by atoms with E-state index in [-0.39, 0.29) is 23.6 Å². The third kappa shape index (κ3) is 4.27. The Hall–Kier alpha value is -1.92. The van der Waals surface area contributed by atoms with Gasteiger partial charge in [0, 0.05) is 25.9 Å².